The molecule has 0 saturated heterocycles. The molecule has 0 aliphatic heterocycles. The molecule has 1 amide bonds. The number of benzene rings is 1. The van der Waals surface area contributed by atoms with E-state index in [1.54, 1.807) is 23.5 Å². The van der Waals surface area contributed by atoms with Gasteiger partial charge in [-0.25, -0.2) is 9.78 Å². The second-order valence-electron chi connectivity index (χ2n) is 5.09. The lowest BCUT2D eigenvalue weighted by molar-refractivity contribution is 0.210. The molecule has 0 aliphatic rings. The maximum Gasteiger partial charge on any atom is 0.409 e. The van der Waals surface area contributed by atoms with E-state index in [0.29, 0.717) is 12.4 Å². The van der Waals surface area contributed by atoms with Crippen molar-refractivity contribution in [2.45, 2.75) is 20.4 Å². The molecule has 6 nitrogen and oxygen atoms in total. The predicted molar refractivity (Wildman–Crippen MR) is 109 cm³/mol. The topological polar surface area (TPSA) is 100 Å². The molecule has 26 heavy (non-hydrogen) atoms. The number of nitrogen functional groups attached to an aromatic ring is 1. The maximum atomic E-state index is 10.6. The Morgan fingerprint density at radius 3 is 2.46 bits per heavy atom. The number of carboxylic acid groups (broad SMARTS) is 1. The van der Waals surface area contributed by atoms with Crippen molar-refractivity contribution in [1.29, 1.82) is 0 Å². The van der Waals surface area contributed by atoms with Crippen LogP contribution in [0.3, 0.4) is 0 Å². The fourth-order valence-electron chi connectivity index (χ4n) is 2.22. The van der Waals surface area contributed by atoms with Crippen molar-refractivity contribution in [2.75, 3.05) is 16.4 Å². The van der Waals surface area contributed by atoms with E-state index in [1.165, 1.54) is 10.4 Å². The van der Waals surface area contributed by atoms with E-state index in [9.17, 15) is 4.79 Å². The number of amides is 1. The lowest BCUT2D eigenvalue weighted by atomic mass is 10.1. The van der Waals surface area contributed by atoms with Gasteiger partial charge in [0.2, 0.25) is 0 Å². The lowest BCUT2D eigenvalue weighted by Crippen LogP contribution is -2.11. The van der Waals surface area contributed by atoms with Gasteiger partial charge in [-0.05, 0) is 34.7 Å². The van der Waals surface area contributed by atoms with E-state index in [2.05, 4.69) is 51.3 Å². The summed E-state index contributed by atoms with van der Waals surface area (Å²) < 4.78 is 0. The van der Waals surface area contributed by atoms with Gasteiger partial charge in [-0.2, -0.15) is 0 Å². The van der Waals surface area contributed by atoms with Crippen molar-refractivity contribution < 1.29 is 9.90 Å². The minimum absolute atomic E-state index is 0.135. The number of rotatable bonds is 5. The normalized spacial score (nSPS) is 9.77. The summed E-state index contributed by atoms with van der Waals surface area (Å²) in [5.74, 6) is 0.723. The third-order valence-electron chi connectivity index (χ3n) is 3.40. The van der Waals surface area contributed by atoms with E-state index < -0.39 is 6.09 Å². The van der Waals surface area contributed by atoms with Crippen LogP contribution in [0.1, 0.15) is 19.4 Å². The molecular weight excluding hydrogens is 348 g/mol. The maximum absolute atomic E-state index is 10.6. The zero-order chi connectivity index (χ0) is 18.9. The van der Waals surface area contributed by atoms with Crippen molar-refractivity contribution in [1.82, 2.24) is 4.98 Å². The molecule has 0 spiro atoms. The largest absolute Gasteiger partial charge is 0.465 e. The van der Waals surface area contributed by atoms with Gasteiger partial charge in [-0.3, -0.25) is 5.32 Å². The fraction of sp³-hybridized carbons (Fsp3) is 0.158. The quantitative estimate of drug-likeness (QED) is 0.499. The summed E-state index contributed by atoms with van der Waals surface area (Å²) in [5.41, 5.74) is 8.32. The van der Waals surface area contributed by atoms with Crippen LogP contribution in [0.15, 0.2) is 53.9 Å². The van der Waals surface area contributed by atoms with Crippen LogP contribution in [0.2, 0.25) is 0 Å². The van der Waals surface area contributed by atoms with Gasteiger partial charge in [-0.15, -0.1) is 11.3 Å². The van der Waals surface area contributed by atoms with Crippen LogP contribution < -0.4 is 16.4 Å². The molecule has 5 N–H and O–H groups in total. The molecule has 0 radical (unpaired) electrons. The average molecular weight is 370 g/mol. The number of nitrogens with one attached hydrogen (secondary N) is 2. The monoisotopic (exact) mass is 370 g/mol. The van der Waals surface area contributed by atoms with E-state index in [1.807, 2.05) is 19.9 Å². The minimum atomic E-state index is -1.17. The second-order valence-corrected chi connectivity index (χ2v) is 6.03. The Hall–Kier alpha value is -3.06. The zero-order valence-electron chi connectivity index (χ0n) is 14.7. The highest BCUT2D eigenvalue weighted by Crippen LogP contribution is 2.25. The van der Waals surface area contributed by atoms with Gasteiger partial charge >= 0.3 is 6.09 Å². The first-order valence-corrected chi connectivity index (χ1v) is 9.13. The Kier molecular flexibility index (Phi) is 6.99. The molecular formula is C19H22N4O2S. The van der Waals surface area contributed by atoms with Crippen LogP contribution >= 0.6 is 11.3 Å². The number of hydrogen-bond donors (Lipinski definition) is 4. The molecule has 0 atom stereocenters. The van der Waals surface area contributed by atoms with Crippen molar-refractivity contribution in [3.63, 3.8) is 0 Å². The average Bonchev–Trinajstić information content (AvgIpc) is 3.18. The first kappa shape index (κ1) is 19.3. The summed E-state index contributed by atoms with van der Waals surface area (Å²) >= 11 is 1.71. The SMILES string of the molecule is CC.Nc1nc(NCc2ccc(-c3cccs3)cc2)ccc1NC(=O)O. The second kappa shape index (κ2) is 9.43. The van der Waals surface area contributed by atoms with Crippen LogP contribution in [0.5, 0.6) is 0 Å². The number of nitrogens with zero attached hydrogens (tertiary/aromatic N) is 1. The molecule has 1 aromatic carbocycles. The van der Waals surface area contributed by atoms with Gasteiger partial charge in [0.25, 0.3) is 0 Å². The van der Waals surface area contributed by atoms with Gasteiger partial charge in [0, 0.05) is 11.4 Å². The Morgan fingerprint density at radius 1 is 1.15 bits per heavy atom. The third-order valence-corrected chi connectivity index (χ3v) is 4.32. The Morgan fingerprint density at radius 2 is 1.88 bits per heavy atom. The van der Waals surface area contributed by atoms with Gasteiger partial charge in [-0.1, -0.05) is 44.2 Å². The lowest BCUT2D eigenvalue weighted by Gasteiger charge is -2.09. The summed E-state index contributed by atoms with van der Waals surface area (Å²) in [7, 11) is 0. The molecule has 3 aromatic rings. The minimum Gasteiger partial charge on any atom is -0.465 e. The van der Waals surface area contributed by atoms with E-state index in [0.717, 1.165) is 5.56 Å². The Labute approximate surface area is 156 Å². The molecule has 0 fully saturated rings. The van der Waals surface area contributed by atoms with E-state index in [-0.39, 0.29) is 11.5 Å². The molecule has 3 rings (SSSR count). The first-order valence-electron chi connectivity index (χ1n) is 8.25. The summed E-state index contributed by atoms with van der Waals surface area (Å²) in [4.78, 5) is 16.0. The third kappa shape index (κ3) is 5.22. The molecule has 0 saturated carbocycles. The van der Waals surface area contributed by atoms with Crippen molar-refractivity contribution in [3.8, 4) is 10.4 Å². The van der Waals surface area contributed by atoms with Crippen LogP contribution in [-0.2, 0) is 6.54 Å². The van der Waals surface area contributed by atoms with Gasteiger partial charge in [0.1, 0.15) is 11.6 Å². The van der Waals surface area contributed by atoms with Crippen molar-refractivity contribution >= 4 is 34.8 Å². The van der Waals surface area contributed by atoms with Gasteiger partial charge < -0.3 is 16.2 Å². The summed E-state index contributed by atoms with van der Waals surface area (Å²) in [6.07, 6.45) is -1.17. The summed E-state index contributed by atoms with van der Waals surface area (Å²) in [5, 5.41) is 16.1. The summed E-state index contributed by atoms with van der Waals surface area (Å²) in [6.45, 7) is 4.60. The Bertz CT molecular complexity index is 833. The Balaban J connectivity index is 0.00000117. The molecule has 0 bridgehead atoms. The first-order chi connectivity index (χ1) is 12.6. The molecule has 136 valence electrons. The molecule has 0 aliphatic carbocycles. The van der Waals surface area contributed by atoms with Gasteiger partial charge in [0.15, 0.2) is 0 Å². The number of pyridine rings is 1. The van der Waals surface area contributed by atoms with Crippen molar-refractivity contribution in [2.24, 2.45) is 0 Å². The number of hydrogen-bond acceptors (Lipinski definition) is 5. The standard InChI is InChI=1S/C17H16N4O2S.C2H6/c18-16-13(20-17(22)23)7-8-15(21-16)19-10-11-3-5-12(6-4-11)14-2-1-9-24-14;1-2/h1-9,20H,10H2,(H,22,23)(H3,18,19,21);1-2H3. The van der Waals surface area contributed by atoms with E-state index >= 15 is 0 Å². The molecule has 2 aromatic heterocycles. The van der Waals surface area contributed by atoms with Crippen LogP contribution in [0.25, 0.3) is 10.4 Å². The molecule has 0 unspecified atom stereocenters. The van der Waals surface area contributed by atoms with E-state index in [4.69, 9.17) is 10.8 Å². The smallest absolute Gasteiger partial charge is 0.409 e. The zero-order valence-corrected chi connectivity index (χ0v) is 15.5. The number of aromatic nitrogens is 1. The van der Waals surface area contributed by atoms with Crippen molar-refractivity contribution in [3.05, 3.63) is 59.5 Å². The molecule has 2 heterocycles. The number of anilines is 3. The predicted octanol–water partition coefficient (Wildman–Crippen LogP) is 5.12. The fourth-order valence-corrected chi connectivity index (χ4v) is 2.95. The molecule has 7 heteroatoms. The van der Waals surface area contributed by atoms with Crippen LogP contribution in [0, 0.1) is 0 Å². The summed E-state index contributed by atoms with van der Waals surface area (Å²) in [6, 6.07) is 15.7. The van der Waals surface area contributed by atoms with Crippen LogP contribution in [0.4, 0.5) is 22.1 Å². The number of nitrogens with two attached hydrogens (primary N) is 1. The highest BCUT2D eigenvalue weighted by atomic mass is 32.1. The number of carbonyl (C=O) groups is 1. The van der Waals surface area contributed by atoms with Crippen LogP contribution in [-0.4, -0.2) is 16.2 Å². The van der Waals surface area contributed by atoms with Gasteiger partial charge in [0.05, 0.1) is 5.69 Å². The highest BCUT2D eigenvalue weighted by molar-refractivity contribution is 7.13. The highest BCUT2D eigenvalue weighted by Gasteiger charge is 2.05. The number of thiophene rings is 1.